The van der Waals surface area contributed by atoms with Gasteiger partial charge in [-0.05, 0) is 71.4 Å². The fourth-order valence-corrected chi connectivity index (χ4v) is 4.08. The molecule has 2 aromatic carbocycles. The van der Waals surface area contributed by atoms with E-state index in [9.17, 15) is 13.2 Å². The molecule has 0 bridgehead atoms. The first-order chi connectivity index (χ1) is 13.9. The number of ether oxygens (including phenoxy) is 1. The maximum atomic E-state index is 12.8. The van der Waals surface area contributed by atoms with Crippen molar-refractivity contribution in [1.82, 2.24) is 4.98 Å². The first-order valence-electron chi connectivity index (χ1n) is 8.65. The summed E-state index contributed by atoms with van der Waals surface area (Å²) in [5, 5.41) is 2.67. The van der Waals surface area contributed by atoms with Crippen LogP contribution >= 0.6 is 15.9 Å². The van der Waals surface area contributed by atoms with E-state index in [2.05, 4.69) is 31.0 Å². The Morgan fingerprint density at radius 1 is 1.10 bits per heavy atom. The second kappa shape index (κ2) is 9.06. The smallest absolute Gasteiger partial charge is 0.261 e. The van der Waals surface area contributed by atoms with Crippen LogP contribution in [0.2, 0.25) is 0 Å². The molecule has 1 amide bonds. The van der Waals surface area contributed by atoms with Gasteiger partial charge < -0.3 is 10.1 Å². The molecule has 0 saturated heterocycles. The molecule has 0 fully saturated rings. The highest BCUT2D eigenvalue weighted by atomic mass is 79.9. The number of carbonyl (C=O) groups is 1. The van der Waals surface area contributed by atoms with Gasteiger partial charge in [-0.3, -0.25) is 14.5 Å². The first kappa shape index (κ1) is 20.8. The van der Waals surface area contributed by atoms with Gasteiger partial charge in [0.1, 0.15) is 5.75 Å². The molecule has 0 unspecified atom stereocenters. The lowest BCUT2D eigenvalue weighted by molar-refractivity contribution is 0.102. The van der Waals surface area contributed by atoms with E-state index < -0.39 is 10.0 Å². The average molecular weight is 476 g/mol. The Morgan fingerprint density at radius 2 is 1.93 bits per heavy atom. The van der Waals surface area contributed by atoms with Gasteiger partial charge in [0.15, 0.2) is 0 Å². The lowest BCUT2D eigenvalue weighted by Crippen LogP contribution is -2.15. The number of carbonyl (C=O) groups excluding carboxylic acids is 1. The lowest BCUT2D eigenvalue weighted by atomic mass is 10.2. The highest BCUT2D eigenvalue weighted by Crippen LogP contribution is 2.29. The van der Waals surface area contributed by atoms with Gasteiger partial charge in [-0.2, -0.15) is 0 Å². The van der Waals surface area contributed by atoms with Gasteiger partial charge in [0.05, 0.1) is 27.2 Å². The Labute approximate surface area is 177 Å². The minimum Gasteiger partial charge on any atom is -0.493 e. The fourth-order valence-electron chi connectivity index (χ4n) is 2.49. The molecule has 3 rings (SSSR count). The maximum absolute atomic E-state index is 12.8. The zero-order chi connectivity index (χ0) is 20.9. The fraction of sp³-hybridized carbons (Fsp3) is 0.100. The van der Waals surface area contributed by atoms with Crippen molar-refractivity contribution in [2.24, 2.45) is 0 Å². The zero-order valence-electron chi connectivity index (χ0n) is 15.4. The second-order valence-corrected chi connectivity index (χ2v) is 8.44. The number of hydrogen-bond acceptors (Lipinski definition) is 5. The van der Waals surface area contributed by atoms with Gasteiger partial charge in [0.25, 0.3) is 15.9 Å². The second-order valence-electron chi connectivity index (χ2n) is 5.91. The molecule has 7 nitrogen and oxygen atoms in total. The Balaban J connectivity index is 1.78. The van der Waals surface area contributed by atoms with Crippen molar-refractivity contribution < 1.29 is 17.9 Å². The van der Waals surface area contributed by atoms with E-state index in [0.29, 0.717) is 33.8 Å². The van der Waals surface area contributed by atoms with E-state index >= 15 is 0 Å². The molecule has 0 spiro atoms. The summed E-state index contributed by atoms with van der Waals surface area (Å²) in [6, 6.07) is 14.2. The Hall–Kier alpha value is -2.91. The van der Waals surface area contributed by atoms with E-state index in [-0.39, 0.29) is 10.8 Å². The molecular formula is C20H18BrN3O4S. The van der Waals surface area contributed by atoms with Crippen LogP contribution in [0.3, 0.4) is 0 Å². The van der Waals surface area contributed by atoms with Crippen LogP contribution in [0.5, 0.6) is 5.75 Å². The summed E-state index contributed by atoms with van der Waals surface area (Å²) in [4.78, 5) is 16.2. The highest BCUT2D eigenvalue weighted by molar-refractivity contribution is 9.10. The van der Waals surface area contributed by atoms with Crippen molar-refractivity contribution in [3.8, 4) is 5.75 Å². The van der Waals surface area contributed by atoms with Gasteiger partial charge in [-0.25, -0.2) is 8.42 Å². The number of sulfonamides is 1. The number of nitrogens with zero attached hydrogens (tertiary/aromatic N) is 1. The van der Waals surface area contributed by atoms with Crippen molar-refractivity contribution in [1.29, 1.82) is 0 Å². The standard InChI is InChI=1S/C20H18BrN3O4S/c1-2-28-19-9-8-16(12-18(19)21)24-29(26,27)17-7-3-6-15(11-17)23-20(25)14-5-4-10-22-13-14/h3-13,24H,2H2,1H3,(H,23,25). The minimum absolute atomic E-state index is 0.0199. The van der Waals surface area contributed by atoms with E-state index in [0.717, 1.165) is 0 Å². The van der Waals surface area contributed by atoms with E-state index in [1.807, 2.05) is 6.92 Å². The molecule has 9 heteroatoms. The zero-order valence-corrected chi connectivity index (χ0v) is 17.8. The van der Waals surface area contributed by atoms with Crippen LogP contribution in [0.25, 0.3) is 0 Å². The number of rotatable bonds is 7. The topological polar surface area (TPSA) is 97.4 Å². The number of nitrogens with one attached hydrogen (secondary N) is 2. The molecule has 0 atom stereocenters. The van der Waals surface area contributed by atoms with Crippen LogP contribution in [-0.4, -0.2) is 25.9 Å². The third-order valence-corrected chi connectivity index (χ3v) is 5.81. The predicted molar refractivity (Wildman–Crippen MR) is 115 cm³/mol. The van der Waals surface area contributed by atoms with E-state index in [1.54, 1.807) is 48.7 Å². The van der Waals surface area contributed by atoms with Gasteiger partial charge in [-0.1, -0.05) is 6.07 Å². The molecule has 0 aliphatic carbocycles. The third-order valence-electron chi connectivity index (χ3n) is 3.81. The summed E-state index contributed by atoms with van der Waals surface area (Å²) in [6.07, 6.45) is 3.00. The van der Waals surface area contributed by atoms with Gasteiger partial charge >= 0.3 is 0 Å². The Bertz CT molecular complexity index is 1120. The quantitative estimate of drug-likeness (QED) is 0.530. The molecule has 0 aliphatic heterocycles. The van der Waals surface area contributed by atoms with Crippen molar-refractivity contribution in [2.75, 3.05) is 16.6 Å². The molecule has 1 heterocycles. The summed E-state index contributed by atoms with van der Waals surface area (Å²) < 4.78 is 34.1. The maximum Gasteiger partial charge on any atom is 0.261 e. The number of benzene rings is 2. The lowest BCUT2D eigenvalue weighted by Gasteiger charge is -2.12. The molecule has 150 valence electrons. The summed E-state index contributed by atoms with van der Waals surface area (Å²) in [6.45, 7) is 2.37. The molecule has 2 N–H and O–H groups in total. The molecule has 1 aromatic heterocycles. The van der Waals surface area contributed by atoms with E-state index in [4.69, 9.17) is 4.74 Å². The van der Waals surface area contributed by atoms with Crippen LogP contribution < -0.4 is 14.8 Å². The Kier molecular flexibility index (Phi) is 6.50. The molecule has 29 heavy (non-hydrogen) atoms. The number of aromatic nitrogens is 1. The largest absolute Gasteiger partial charge is 0.493 e. The number of halogens is 1. The first-order valence-corrected chi connectivity index (χ1v) is 10.9. The molecular weight excluding hydrogens is 458 g/mol. The van der Waals surface area contributed by atoms with Gasteiger partial charge in [0, 0.05) is 18.1 Å². The van der Waals surface area contributed by atoms with Crippen LogP contribution in [0.1, 0.15) is 17.3 Å². The van der Waals surface area contributed by atoms with Gasteiger partial charge in [-0.15, -0.1) is 0 Å². The predicted octanol–water partition coefficient (Wildman–Crippen LogP) is 4.30. The molecule has 3 aromatic rings. The van der Waals surface area contributed by atoms with Crippen molar-refractivity contribution in [2.45, 2.75) is 11.8 Å². The SMILES string of the molecule is CCOc1ccc(NS(=O)(=O)c2cccc(NC(=O)c3cccnc3)c2)cc1Br. The summed E-state index contributed by atoms with van der Waals surface area (Å²) in [7, 11) is -3.85. The minimum atomic E-state index is -3.85. The number of amides is 1. The number of hydrogen-bond donors (Lipinski definition) is 2. The third kappa shape index (κ3) is 5.33. The average Bonchev–Trinajstić information content (AvgIpc) is 2.71. The monoisotopic (exact) mass is 475 g/mol. The molecule has 0 saturated carbocycles. The van der Waals surface area contributed by atoms with Gasteiger partial charge in [0.2, 0.25) is 0 Å². The van der Waals surface area contributed by atoms with Crippen molar-refractivity contribution >= 4 is 43.2 Å². The normalized spacial score (nSPS) is 11.0. The molecule has 0 aliphatic rings. The number of anilines is 2. The highest BCUT2D eigenvalue weighted by Gasteiger charge is 2.16. The summed E-state index contributed by atoms with van der Waals surface area (Å²) in [5.41, 5.74) is 1.11. The van der Waals surface area contributed by atoms with Crippen LogP contribution in [0, 0.1) is 0 Å². The van der Waals surface area contributed by atoms with Crippen LogP contribution in [-0.2, 0) is 10.0 Å². The van der Waals surface area contributed by atoms with Crippen molar-refractivity contribution in [3.63, 3.8) is 0 Å². The van der Waals surface area contributed by atoms with Crippen molar-refractivity contribution in [3.05, 3.63) is 77.0 Å². The Morgan fingerprint density at radius 3 is 2.62 bits per heavy atom. The van der Waals surface area contributed by atoms with Crippen LogP contribution in [0.4, 0.5) is 11.4 Å². The molecule has 0 radical (unpaired) electrons. The van der Waals surface area contributed by atoms with E-state index in [1.165, 1.54) is 18.3 Å². The summed E-state index contributed by atoms with van der Waals surface area (Å²) in [5.74, 6) is 0.242. The van der Waals surface area contributed by atoms with Crippen LogP contribution in [0.15, 0.2) is 76.4 Å². The summed E-state index contributed by atoms with van der Waals surface area (Å²) >= 11 is 3.36. The number of pyridine rings is 1.